The van der Waals surface area contributed by atoms with Gasteiger partial charge in [-0.2, -0.15) is 4.31 Å². The van der Waals surface area contributed by atoms with Gasteiger partial charge in [0, 0.05) is 26.0 Å². The Bertz CT molecular complexity index is 548. The highest BCUT2D eigenvalue weighted by atomic mass is 35.5. The zero-order valence-corrected chi connectivity index (χ0v) is 12.3. The molecule has 1 aromatic rings. The van der Waals surface area contributed by atoms with Crippen molar-refractivity contribution in [1.82, 2.24) is 14.6 Å². The maximum absolute atomic E-state index is 12.2. The van der Waals surface area contributed by atoms with Crippen molar-refractivity contribution in [1.29, 1.82) is 0 Å². The van der Waals surface area contributed by atoms with Crippen molar-refractivity contribution in [2.24, 2.45) is 0 Å². The van der Waals surface area contributed by atoms with Crippen LogP contribution in [-0.4, -0.2) is 43.8 Å². The van der Waals surface area contributed by atoms with Gasteiger partial charge in [0.2, 0.25) is 15.9 Å². The van der Waals surface area contributed by atoms with Crippen molar-refractivity contribution < 1.29 is 13.2 Å². The minimum Gasteiger partial charge on any atom is -0.355 e. The molecule has 0 unspecified atom stereocenters. The van der Waals surface area contributed by atoms with Gasteiger partial charge < -0.3 is 5.32 Å². The first-order valence-corrected chi connectivity index (χ1v) is 7.54. The maximum Gasteiger partial charge on any atom is 0.246 e. The average Bonchev–Trinajstić information content (AvgIpc) is 2.36. The van der Waals surface area contributed by atoms with Crippen LogP contribution in [-0.2, 0) is 14.8 Å². The molecule has 1 amide bonds. The van der Waals surface area contributed by atoms with Crippen LogP contribution < -0.4 is 5.32 Å². The number of hydrogen-bond donors (Lipinski definition) is 1. The van der Waals surface area contributed by atoms with Gasteiger partial charge in [0.15, 0.2) is 0 Å². The van der Waals surface area contributed by atoms with Crippen LogP contribution in [0.25, 0.3) is 0 Å². The second-order valence-corrected chi connectivity index (χ2v) is 6.34. The zero-order chi connectivity index (χ0) is 14.5. The monoisotopic (exact) mass is 305 g/mol. The molecule has 0 aliphatic rings. The van der Waals surface area contributed by atoms with Gasteiger partial charge in [-0.1, -0.05) is 18.5 Å². The molecule has 0 bridgehead atoms. The molecule has 0 saturated heterocycles. The predicted octanol–water partition coefficient (Wildman–Crippen LogP) is 0.882. The van der Waals surface area contributed by atoms with Crippen LogP contribution in [0.5, 0.6) is 0 Å². The number of carbonyl (C=O) groups excluding carboxylic acids is 1. The molecule has 19 heavy (non-hydrogen) atoms. The molecule has 1 heterocycles. The molecule has 0 aromatic carbocycles. The largest absolute Gasteiger partial charge is 0.355 e. The number of carbonyl (C=O) groups is 1. The van der Waals surface area contributed by atoms with Gasteiger partial charge in [-0.05, 0) is 12.5 Å². The molecule has 106 valence electrons. The number of rotatable bonds is 6. The number of hydrogen-bond acceptors (Lipinski definition) is 4. The Hall–Kier alpha value is -1.18. The van der Waals surface area contributed by atoms with Crippen LogP contribution >= 0.6 is 11.6 Å². The molecule has 0 aliphatic heterocycles. The number of aromatic nitrogens is 1. The van der Waals surface area contributed by atoms with E-state index in [9.17, 15) is 13.2 Å². The number of pyridine rings is 1. The van der Waals surface area contributed by atoms with E-state index in [1.165, 1.54) is 19.3 Å². The lowest BCUT2D eigenvalue weighted by Gasteiger charge is -2.17. The minimum atomic E-state index is -3.81. The number of nitrogens with zero attached hydrogens (tertiary/aromatic N) is 2. The van der Waals surface area contributed by atoms with Gasteiger partial charge in [-0.25, -0.2) is 8.42 Å². The number of halogens is 1. The van der Waals surface area contributed by atoms with E-state index in [0.717, 1.165) is 16.9 Å². The van der Waals surface area contributed by atoms with E-state index in [0.29, 0.717) is 6.54 Å². The molecule has 0 saturated carbocycles. The molecule has 8 heteroatoms. The van der Waals surface area contributed by atoms with E-state index in [4.69, 9.17) is 11.6 Å². The number of nitrogens with one attached hydrogen (secondary N) is 1. The van der Waals surface area contributed by atoms with Crippen molar-refractivity contribution in [3.63, 3.8) is 0 Å². The van der Waals surface area contributed by atoms with E-state index in [1.54, 1.807) is 0 Å². The van der Waals surface area contributed by atoms with E-state index in [-0.39, 0.29) is 22.4 Å². The topological polar surface area (TPSA) is 79.4 Å². The lowest BCUT2D eigenvalue weighted by molar-refractivity contribution is -0.121. The summed E-state index contributed by atoms with van der Waals surface area (Å²) in [7, 11) is -2.49. The van der Waals surface area contributed by atoms with Crippen LogP contribution in [0.1, 0.15) is 13.3 Å². The van der Waals surface area contributed by atoms with Gasteiger partial charge in [-0.3, -0.25) is 9.78 Å². The predicted molar refractivity (Wildman–Crippen MR) is 72.4 cm³/mol. The fraction of sp³-hybridized carbons (Fsp3) is 0.455. The third-order valence-electron chi connectivity index (χ3n) is 2.36. The first kappa shape index (κ1) is 15.9. The van der Waals surface area contributed by atoms with Crippen molar-refractivity contribution in [3.05, 3.63) is 23.5 Å². The van der Waals surface area contributed by atoms with Crippen molar-refractivity contribution in [3.8, 4) is 0 Å². The standard InChI is InChI=1S/C11H16ClN3O3S/c1-3-5-14-11(16)8-15(2)19(17,18)10-7-13-6-4-9(10)12/h4,6-7H,3,5,8H2,1-2H3,(H,14,16). The summed E-state index contributed by atoms with van der Waals surface area (Å²) in [5, 5.41) is 2.69. The maximum atomic E-state index is 12.2. The minimum absolute atomic E-state index is 0.0795. The third kappa shape index (κ3) is 4.15. The lowest BCUT2D eigenvalue weighted by atomic mass is 10.4. The van der Waals surface area contributed by atoms with Gasteiger partial charge in [-0.15, -0.1) is 0 Å². The molecule has 1 N–H and O–H groups in total. The molecular weight excluding hydrogens is 290 g/mol. The summed E-state index contributed by atoms with van der Waals surface area (Å²) in [4.78, 5) is 15.1. The molecule has 0 fully saturated rings. The Morgan fingerprint density at radius 3 is 2.79 bits per heavy atom. The fourth-order valence-electron chi connectivity index (χ4n) is 1.33. The highest BCUT2D eigenvalue weighted by Crippen LogP contribution is 2.22. The van der Waals surface area contributed by atoms with Gasteiger partial charge >= 0.3 is 0 Å². The van der Waals surface area contributed by atoms with Gasteiger partial charge in [0.25, 0.3) is 0 Å². The fourth-order valence-corrected chi connectivity index (χ4v) is 2.86. The zero-order valence-electron chi connectivity index (χ0n) is 10.8. The second kappa shape index (κ2) is 6.83. The summed E-state index contributed by atoms with van der Waals surface area (Å²) in [6.07, 6.45) is 3.35. The molecule has 0 radical (unpaired) electrons. The molecular formula is C11H16ClN3O3S. The summed E-state index contributed by atoms with van der Waals surface area (Å²) in [5.74, 6) is -0.354. The van der Waals surface area contributed by atoms with E-state index in [2.05, 4.69) is 10.3 Å². The van der Waals surface area contributed by atoms with E-state index >= 15 is 0 Å². The molecule has 1 rings (SSSR count). The van der Waals surface area contributed by atoms with Crippen LogP contribution in [0.3, 0.4) is 0 Å². The SMILES string of the molecule is CCCNC(=O)CN(C)S(=O)(=O)c1cnccc1Cl. The Balaban J connectivity index is 2.84. The average molecular weight is 306 g/mol. The van der Waals surface area contributed by atoms with Crippen molar-refractivity contribution >= 4 is 27.5 Å². The number of likely N-dealkylation sites (N-methyl/N-ethyl adjacent to an activating group) is 1. The number of sulfonamides is 1. The molecule has 0 aliphatic carbocycles. The number of amides is 1. The molecule has 6 nitrogen and oxygen atoms in total. The molecule has 0 spiro atoms. The van der Waals surface area contributed by atoms with Gasteiger partial charge in [0.05, 0.1) is 11.6 Å². The van der Waals surface area contributed by atoms with Crippen LogP contribution in [0.15, 0.2) is 23.4 Å². The quantitative estimate of drug-likeness (QED) is 0.846. The smallest absolute Gasteiger partial charge is 0.246 e. The first-order valence-electron chi connectivity index (χ1n) is 5.72. The van der Waals surface area contributed by atoms with E-state index < -0.39 is 10.0 Å². The second-order valence-electron chi connectivity index (χ2n) is 3.92. The summed E-state index contributed by atoms with van der Waals surface area (Å²) in [6, 6.07) is 1.39. The highest BCUT2D eigenvalue weighted by molar-refractivity contribution is 7.89. The third-order valence-corrected chi connectivity index (χ3v) is 4.63. The molecule has 1 aromatic heterocycles. The summed E-state index contributed by atoms with van der Waals surface area (Å²) in [6.45, 7) is 2.17. The Labute approximate surface area is 117 Å². The van der Waals surface area contributed by atoms with Crippen LogP contribution in [0, 0.1) is 0 Å². The van der Waals surface area contributed by atoms with E-state index in [1.807, 2.05) is 6.92 Å². The van der Waals surface area contributed by atoms with Gasteiger partial charge in [0.1, 0.15) is 4.90 Å². The Morgan fingerprint density at radius 1 is 1.53 bits per heavy atom. The Kier molecular flexibility index (Phi) is 5.71. The first-order chi connectivity index (χ1) is 8.89. The highest BCUT2D eigenvalue weighted by Gasteiger charge is 2.25. The van der Waals surface area contributed by atoms with Crippen LogP contribution in [0.2, 0.25) is 5.02 Å². The summed E-state index contributed by atoms with van der Waals surface area (Å²) >= 11 is 5.83. The van der Waals surface area contributed by atoms with Crippen molar-refractivity contribution in [2.45, 2.75) is 18.2 Å². The van der Waals surface area contributed by atoms with Crippen LogP contribution in [0.4, 0.5) is 0 Å². The summed E-state index contributed by atoms with van der Waals surface area (Å²) < 4.78 is 25.3. The Morgan fingerprint density at radius 2 is 2.21 bits per heavy atom. The van der Waals surface area contributed by atoms with Crippen molar-refractivity contribution in [2.75, 3.05) is 20.1 Å². The molecule has 0 atom stereocenters. The normalized spacial score (nSPS) is 11.6. The lowest BCUT2D eigenvalue weighted by Crippen LogP contribution is -2.38. The summed E-state index contributed by atoms with van der Waals surface area (Å²) in [5.41, 5.74) is 0.